The van der Waals surface area contributed by atoms with Gasteiger partial charge in [0.1, 0.15) is 5.75 Å². The summed E-state index contributed by atoms with van der Waals surface area (Å²) in [4.78, 5) is 14.8. The second-order valence-corrected chi connectivity index (χ2v) is 8.84. The van der Waals surface area contributed by atoms with Crippen molar-refractivity contribution in [2.75, 3.05) is 16.2 Å². The molecule has 0 atom stereocenters. The van der Waals surface area contributed by atoms with Crippen LogP contribution < -0.4 is 14.4 Å². The van der Waals surface area contributed by atoms with E-state index in [1.165, 1.54) is 6.07 Å². The first-order valence-electron chi connectivity index (χ1n) is 9.66. The van der Waals surface area contributed by atoms with Crippen molar-refractivity contribution < 1.29 is 17.9 Å². The smallest absolute Gasteiger partial charge is 0.262 e. The molecule has 0 unspecified atom stereocenters. The maximum absolute atomic E-state index is 13.2. The van der Waals surface area contributed by atoms with E-state index in [1.54, 1.807) is 29.2 Å². The fourth-order valence-electron chi connectivity index (χ4n) is 3.50. The Balaban J connectivity index is 1.65. The maximum atomic E-state index is 13.2. The number of hydrogen-bond acceptors (Lipinski definition) is 4. The Morgan fingerprint density at radius 2 is 1.70 bits per heavy atom. The van der Waals surface area contributed by atoms with E-state index in [0.717, 1.165) is 11.1 Å². The average molecular weight is 423 g/mol. The van der Waals surface area contributed by atoms with Gasteiger partial charge in [0.25, 0.3) is 5.91 Å². The topological polar surface area (TPSA) is 75.7 Å². The number of rotatable bonds is 5. The van der Waals surface area contributed by atoms with Crippen molar-refractivity contribution in [3.63, 3.8) is 0 Å². The first kappa shape index (κ1) is 20.0. The van der Waals surface area contributed by atoms with E-state index in [1.807, 2.05) is 50.2 Å². The molecule has 0 bridgehead atoms. The third-order valence-corrected chi connectivity index (χ3v) is 6.27. The van der Waals surface area contributed by atoms with E-state index < -0.39 is 10.0 Å². The summed E-state index contributed by atoms with van der Waals surface area (Å²) >= 11 is 0. The molecule has 154 valence electrons. The Labute approximate surface area is 176 Å². The molecule has 1 heterocycles. The third-order valence-electron chi connectivity index (χ3n) is 5.03. The first-order valence-corrected chi connectivity index (χ1v) is 11.3. The van der Waals surface area contributed by atoms with Crippen LogP contribution in [0.15, 0.2) is 66.7 Å². The predicted octanol–water partition coefficient (Wildman–Crippen LogP) is 4.71. The fourth-order valence-corrected chi connectivity index (χ4v) is 4.79. The summed E-state index contributed by atoms with van der Waals surface area (Å²) in [6, 6.07) is 19.4. The predicted molar refractivity (Wildman–Crippen MR) is 118 cm³/mol. The molecule has 0 fully saturated rings. The third kappa shape index (κ3) is 3.89. The van der Waals surface area contributed by atoms with Gasteiger partial charge in [0, 0.05) is 12.2 Å². The van der Waals surface area contributed by atoms with Crippen LogP contribution in [0.25, 0.3) is 0 Å². The highest BCUT2D eigenvalue weighted by Crippen LogP contribution is 2.39. The molecule has 0 saturated carbocycles. The molecule has 4 rings (SSSR count). The van der Waals surface area contributed by atoms with Gasteiger partial charge in [-0.1, -0.05) is 36.4 Å². The molecule has 1 amide bonds. The second-order valence-electron chi connectivity index (χ2n) is 7.12. The van der Waals surface area contributed by atoms with Crippen molar-refractivity contribution in [1.29, 1.82) is 0 Å². The van der Waals surface area contributed by atoms with Crippen LogP contribution in [0.2, 0.25) is 0 Å². The summed E-state index contributed by atoms with van der Waals surface area (Å²) in [5, 5.41) is 0. The van der Waals surface area contributed by atoms with Crippen LogP contribution in [0.4, 0.5) is 11.4 Å². The molecule has 3 aromatic carbocycles. The number of hydrogen-bond donors (Lipinski definition) is 1. The highest BCUT2D eigenvalue weighted by Gasteiger charge is 2.27. The SMILES string of the molecule is CCN1C(=O)c2cc(NS(=O)(=O)Cc3ccccc3C)ccc2Oc2ccccc21. The zero-order valence-corrected chi connectivity index (χ0v) is 17.6. The number of sulfonamides is 1. The van der Waals surface area contributed by atoms with E-state index in [2.05, 4.69) is 4.72 Å². The number of carbonyl (C=O) groups is 1. The van der Waals surface area contributed by atoms with E-state index in [9.17, 15) is 13.2 Å². The summed E-state index contributed by atoms with van der Waals surface area (Å²) in [5.41, 5.74) is 2.95. The molecule has 0 aromatic heterocycles. The highest BCUT2D eigenvalue weighted by molar-refractivity contribution is 7.91. The minimum Gasteiger partial charge on any atom is -0.454 e. The Morgan fingerprint density at radius 3 is 2.47 bits per heavy atom. The molecule has 7 heteroatoms. The second kappa shape index (κ2) is 7.84. The van der Waals surface area contributed by atoms with E-state index in [0.29, 0.717) is 35.0 Å². The molecule has 3 aromatic rings. The van der Waals surface area contributed by atoms with Gasteiger partial charge in [-0.15, -0.1) is 0 Å². The zero-order valence-electron chi connectivity index (χ0n) is 16.8. The van der Waals surface area contributed by atoms with E-state index in [-0.39, 0.29) is 11.7 Å². The Hall–Kier alpha value is -3.32. The number of anilines is 2. The number of nitrogens with zero attached hydrogens (tertiary/aromatic N) is 1. The van der Waals surface area contributed by atoms with Crippen LogP contribution in [0.3, 0.4) is 0 Å². The van der Waals surface area contributed by atoms with Gasteiger partial charge in [-0.05, 0) is 55.3 Å². The number of aryl methyl sites for hydroxylation is 1. The van der Waals surface area contributed by atoms with Crippen LogP contribution in [0.5, 0.6) is 11.5 Å². The zero-order chi connectivity index (χ0) is 21.3. The first-order chi connectivity index (χ1) is 14.4. The summed E-state index contributed by atoms with van der Waals surface area (Å²) in [5.74, 6) is 0.593. The van der Waals surface area contributed by atoms with Gasteiger partial charge in [-0.2, -0.15) is 0 Å². The monoisotopic (exact) mass is 422 g/mol. The Morgan fingerprint density at radius 1 is 0.967 bits per heavy atom. The molecule has 0 spiro atoms. The number of nitrogens with one attached hydrogen (secondary N) is 1. The number of ether oxygens (including phenoxy) is 1. The summed E-state index contributed by atoms with van der Waals surface area (Å²) < 4.78 is 33.9. The van der Waals surface area contributed by atoms with Crippen molar-refractivity contribution in [2.24, 2.45) is 0 Å². The minimum atomic E-state index is -3.65. The molecular weight excluding hydrogens is 400 g/mol. The van der Waals surface area contributed by atoms with Gasteiger partial charge in [0.05, 0.1) is 17.0 Å². The average Bonchev–Trinajstić information content (AvgIpc) is 2.83. The normalized spacial score (nSPS) is 13.1. The van der Waals surface area contributed by atoms with E-state index >= 15 is 0 Å². The van der Waals surface area contributed by atoms with Crippen molar-refractivity contribution in [2.45, 2.75) is 19.6 Å². The molecule has 1 aliphatic rings. The Bertz CT molecular complexity index is 1220. The van der Waals surface area contributed by atoms with Crippen LogP contribution in [-0.4, -0.2) is 20.9 Å². The molecule has 6 nitrogen and oxygen atoms in total. The summed E-state index contributed by atoms with van der Waals surface area (Å²) in [7, 11) is -3.65. The van der Waals surface area contributed by atoms with Crippen molar-refractivity contribution in [1.82, 2.24) is 0 Å². The number of carbonyl (C=O) groups excluding carboxylic acids is 1. The number of amides is 1. The lowest BCUT2D eigenvalue weighted by molar-refractivity contribution is 0.0988. The maximum Gasteiger partial charge on any atom is 0.262 e. The lowest BCUT2D eigenvalue weighted by Gasteiger charge is -2.20. The highest BCUT2D eigenvalue weighted by atomic mass is 32.2. The van der Waals surface area contributed by atoms with E-state index in [4.69, 9.17) is 4.74 Å². The largest absolute Gasteiger partial charge is 0.454 e. The Kier molecular flexibility index (Phi) is 5.22. The van der Waals surface area contributed by atoms with Crippen molar-refractivity contribution in [3.05, 3.63) is 83.4 Å². The van der Waals surface area contributed by atoms with Gasteiger partial charge in [-0.25, -0.2) is 8.42 Å². The molecule has 30 heavy (non-hydrogen) atoms. The number of para-hydroxylation sites is 2. The number of benzene rings is 3. The lowest BCUT2D eigenvalue weighted by atomic mass is 10.1. The number of fused-ring (bicyclic) bond motifs is 2. The van der Waals surface area contributed by atoms with Gasteiger partial charge >= 0.3 is 0 Å². The molecule has 0 radical (unpaired) electrons. The van der Waals surface area contributed by atoms with Gasteiger partial charge in [-0.3, -0.25) is 9.52 Å². The lowest BCUT2D eigenvalue weighted by Crippen LogP contribution is -2.29. The molecule has 1 N–H and O–H groups in total. The molecule has 0 aliphatic carbocycles. The summed E-state index contributed by atoms with van der Waals surface area (Å²) in [6.07, 6.45) is 0. The quantitative estimate of drug-likeness (QED) is 0.646. The summed E-state index contributed by atoms with van der Waals surface area (Å²) in [6.45, 7) is 4.22. The standard InChI is InChI=1S/C23H22N2O4S/c1-3-25-20-10-6-7-11-22(20)29-21-13-12-18(14-19(21)23(25)26)24-30(27,28)15-17-9-5-4-8-16(17)2/h4-14,24H,3,15H2,1-2H3. The van der Waals surface area contributed by atoms with Gasteiger partial charge in [0.15, 0.2) is 5.75 Å². The van der Waals surface area contributed by atoms with Crippen LogP contribution >= 0.6 is 0 Å². The van der Waals surface area contributed by atoms with Crippen LogP contribution in [0.1, 0.15) is 28.4 Å². The van der Waals surface area contributed by atoms with Crippen molar-refractivity contribution >= 4 is 27.3 Å². The molecule has 1 aliphatic heterocycles. The van der Waals surface area contributed by atoms with Crippen molar-refractivity contribution in [3.8, 4) is 11.5 Å². The fraction of sp³-hybridized carbons (Fsp3) is 0.174. The molecular formula is C23H22N2O4S. The minimum absolute atomic E-state index is 0.145. The van der Waals surface area contributed by atoms with Gasteiger partial charge < -0.3 is 9.64 Å². The van der Waals surface area contributed by atoms with Gasteiger partial charge in [0.2, 0.25) is 10.0 Å². The van der Waals surface area contributed by atoms with Crippen LogP contribution in [0, 0.1) is 6.92 Å². The van der Waals surface area contributed by atoms with Crippen LogP contribution in [-0.2, 0) is 15.8 Å². The molecule has 0 saturated heterocycles.